The van der Waals surface area contributed by atoms with Crippen LogP contribution in [0.15, 0.2) is 24.3 Å². The van der Waals surface area contributed by atoms with E-state index in [1.54, 1.807) is 0 Å². The minimum atomic E-state index is -1.34. The Bertz CT molecular complexity index is 661. The van der Waals surface area contributed by atoms with Gasteiger partial charge in [0.25, 0.3) is 0 Å². The average Bonchev–Trinajstić information content (AvgIpc) is 2.87. The van der Waals surface area contributed by atoms with Crippen LogP contribution in [0.25, 0.3) is 0 Å². The largest absolute Gasteiger partial charge is 0.480 e. The van der Waals surface area contributed by atoms with E-state index in [0.29, 0.717) is 31.3 Å². The van der Waals surface area contributed by atoms with Crippen LogP contribution in [0.1, 0.15) is 50.5 Å². The standard InChI is InChI=1S/C20H30BClN2O4/c22-16-5-3-14(4-6-16)13-24-17-7-8-18(24)12-15(11-17)20(23,19(25)26)9-1-2-10-21(27)28/h3-6,15,17-18,27-28H,1-2,7-13,23H2,(H,25,26). The zero-order valence-corrected chi connectivity index (χ0v) is 16.9. The molecular weight excluding hydrogens is 378 g/mol. The van der Waals surface area contributed by atoms with Crippen molar-refractivity contribution in [1.82, 2.24) is 4.90 Å². The van der Waals surface area contributed by atoms with Gasteiger partial charge < -0.3 is 20.9 Å². The van der Waals surface area contributed by atoms with Crippen LogP contribution >= 0.6 is 11.6 Å². The summed E-state index contributed by atoms with van der Waals surface area (Å²) >= 11 is 5.98. The lowest BCUT2D eigenvalue weighted by molar-refractivity contribution is -0.147. The number of nitrogens with two attached hydrogens (primary N) is 1. The second-order valence-corrected chi connectivity index (χ2v) is 8.86. The highest BCUT2D eigenvalue weighted by molar-refractivity contribution is 6.40. The van der Waals surface area contributed by atoms with Gasteiger partial charge in [0.2, 0.25) is 0 Å². The molecular formula is C20H30BClN2O4. The second kappa shape index (κ2) is 9.14. The number of fused-ring (bicyclic) bond motifs is 2. The van der Waals surface area contributed by atoms with Crippen LogP contribution in [-0.2, 0) is 11.3 Å². The summed E-state index contributed by atoms with van der Waals surface area (Å²) in [5, 5.41) is 28.5. The molecule has 1 aromatic carbocycles. The van der Waals surface area contributed by atoms with Crippen molar-refractivity contribution in [3.8, 4) is 0 Å². The maximum Gasteiger partial charge on any atom is 0.451 e. The highest BCUT2D eigenvalue weighted by Gasteiger charge is 2.50. The van der Waals surface area contributed by atoms with Gasteiger partial charge in [-0.1, -0.05) is 36.6 Å². The summed E-state index contributed by atoms with van der Waals surface area (Å²) in [4.78, 5) is 14.5. The Morgan fingerprint density at radius 3 is 2.32 bits per heavy atom. The van der Waals surface area contributed by atoms with E-state index >= 15 is 0 Å². The van der Waals surface area contributed by atoms with Crippen molar-refractivity contribution >= 4 is 24.7 Å². The van der Waals surface area contributed by atoms with Gasteiger partial charge in [-0.15, -0.1) is 0 Å². The molecule has 5 N–H and O–H groups in total. The molecule has 2 aliphatic heterocycles. The topological polar surface area (TPSA) is 107 Å². The Morgan fingerprint density at radius 1 is 1.18 bits per heavy atom. The fourth-order valence-corrected chi connectivity index (χ4v) is 5.11. The number of carboxylic acid groups (broad SMARTS) is 1. The molecule has 0 spiro atoms. The molecule has 28 heavy (non-hydrogen) atoms. The molecule has 154 valence electrons. The highest BCUT2D eigenvalue weighted by Crippen LogP contribution is 2.44. The summed E-state index contributed by atoms with van der Waals surface area (Å²) in [7, 11) is -1.34. The van der Waals surface area contributed by atoms with E-state index in [1.165, 1.54) is 5.56 Å². The molecule has 2 fully saturated rings. The number of halogens is 1. The Balaban J connectivity index is 1.63. The summed E-state index contributed by atoms with van der Waals surface area (Å²) in [5.41, 5.74) is 6.42. The molecule has 8 heteroatoms. The molecule has 0 saturated carbocycles. The zero-order valence-electron chi connectivity index (χ0n) is 16.1. The van der Waals surface area contributed by atoms with Crippen LogP contribution < -0.4 is 5.73 Å². The van der Waals surface area contributed by atoms with Crippen molar-refractivity contribution in [2.75, 3.05) is 0 Å². The Labute approximate surface area is 171 Å². The van der Waals surface area contributed by atoms with Crippen molar-refractivity contribution in [3.63, 3.8) is 0 Å². The lowest BCUT2D eigenvalue weighted by Crippen LogP contribution is -2.58. The van der Waals surface area contributed by atoms with Gasteiger partial charge in [-0.2, -0.15) is 0 Å². The summed E-state index contributed by atoms with van der Waals surface area (Å²) in [6.45, 7) is 0.859. The first-order chi connectivity index (χ1) is 13.3. The molecule has 0 radical (unpaired) electrons. The van der Waals surface area contributed by atoms with Gasteiger partial charge in [-0.3, -0.25) is 9.69 Å². The van der Waals surface area contributed by atoms with Crippen LogP contribution in [0.4, 0.5) is 0 Å². The second-order valence-electron chi connectivity index (χ2n) is 8.42. The maximum atomic E-state index is 12.0. The number of carbonyl (C=O) groups is 1. The van der Waals surface area contributed by atoms with Crippen molar-refractivity contribution < 1.29 is 19.9 Å². The van der Waals surface area contributed by atoms with Crippen molar-refractivity contribution in [2.24, 2.45) is 11.7 Å². The molecule has 2 bridgehead atoms. The number of carboxylic acids is 1. The van der Waals surface area contributed by atoms with Crippen LogP contribution in [0.5, 0.6) is 0 Å². The SMILES string of the molecule is NC(CCCCB(O)O)(C(=O)O)C1CC2CCC(C1)N2Cc1ccc(Cl)cc1. The van der Waals surface area contributed by atoms with Gasteiger partial charge >= 0.3 is 13.1 Å². The number of benzene rings is 1. The predicted molar refractivity (Wildman–Crippen MR) is 110 cm³/mol. The third-order valence-electron chi connectivity index (χ3n) is 6.59. The van der Waals surface area contributed by atoms with Gasteiger partial charge in [0.05, 0.1) is 0 Å². The number of rotatable bonds is 9. The predicted octanol–water partition coefficient (Wildman–Crippen LogP) is 2.51. The van der Waals surface area contributed by atoms with E-state index in [1.807, 2.05) is 24.3 Å². The number of nitrogens with zero attached hydrogens (tertiary/aromatic N) is 1. The van der Waals surface area contributed by atoms with Crippen molar-refractivity contribution in [1.29, 1.82) is 0 Å². The fraction of sp³-hybridized carbons (Fsp3) is 0.650. The molecule has 1 aromatic rings. The first kappa shape index (κ1) is 21.6. The average molecular weight is 409 g/mol. The van der Waals surface area contributed by atoms with E-state index in [9.17, 15) is 9.90 Å². The molecule has 2 heterocycles. The molecule has 0 aliphatic carbocycles. The monoisotopic (exact) mass is 408 g/mol. The summed E-state index contributed by atoms with van der Waals surface area (Å²) in [6.07, 6.45) is 5.54. The number of unbranched alkanes of at least 4 members (excludes halogenated alkanes) is 1. The number of piperidine rings is 1. The lowest BCUT2D eigenvalue weighted by Gasteiger charge is -2.44. The number of hydrogen-bond acceptors (Lipinski definition) is 5. The van der Waals surface area contributed by atoms with E-state index < -0.39 is 18.6 Å². The van der Waals surface area contributed by atoms with Crippen LogP contribution in [0.3, 0.4) is 0 Å². The maximum absolute atomic E-state index is 12.0. The van der Waals surface area contributed by atoms with E-state index in [4.69, 9.17) is 27.4 Å². The van der Waals surface area contributed by atoms with Gasteiger partial charge in [0.15, 0.2) is 0 Å². The number of aliphatic carboxylic acids is 1. The summed E-state index contributed by atoms with van der Waals surface area (Å²) in [6, 6.07) is 8.64. The van der Waals surface area contributed by atoms with E-state index in [0.717, 1.165) is 37.3 Å². The Hall–Kier alpha value is -1.12. The molecule has 2 saturated heterocycles. The van der Waals surface area contributed by atoms with Gasteiger partial charge in [0, 0.05) is 23.7 Å². The van der Waals surface area contributed by atoms with Crippen LogP contribution in [0, 0.1) is 5.92 Å². The minimum absolute atomic E-state index is 0.0528. The smallest absolute Gasteiger partial charge is 0.451 e. The first-order valence-corrected chi connectivity index (χ1v) is 10.6. The highest BCUT2D eigenvalue weighted by atomic mass is 35.5. The molecule has 6 nitrogen and oxygen atoms in total. The van der Waals surface area contributed by atoms with Crippen molar-refractivity contribution in [3.05, 3.63) is 34.9 Å². The van der Waals surface area contributed by atoms with E-state index in [-0.39, 0.29) is 12.2 Å². The fourth-order valence-electron chi connectivity index (χ4n) is 4.98. The molecule has 3 unspecified atom stereocenters. The third kappa shape index (κ3) is 4.89. The minimum Gasteiger partial charge on any atom is -0.480 e. The van der Waals surface area contributed by atoms with Gasteiger partial charge in [-0.25, -0.2) is 0 Å². The van der Waals surface area contributed by atoms with Crippen molar-refractivity contribution in [2.45, 2.75) is 75.4 Å². The zero-order chi connectivity index (χ0) is 20.3. The lowest BCUT2D eigenvalue weighted by atomic mass is 9.72. The van der Waals surface area contributed by atoms with Crippen LogP contribution in [-0.4, -0.2) is 50.8 Å². The molecule has 3 atom stereocenters. The quantitative estimate of drug-likeness (QED) is 0.369. The number of hydrogen-bond donors (Lipinski definition) is 4. The third-order valence-corrected chi connectivity index (χ3v) is 6.84. The summed E-state index contributed by atoms with van der Waals surface area (Å²) in [5.74, 6) is -0.990. The molecule has 2 aliphatic rings. The molecule has 0 aromatic heterocycles. The summed E-state index contributed by atoms with van der Waals surface area (Å²) < 4.78 is 0. The molecule has 3 rings (SSSR count). The van der Waals surface area contributed by atoms with Gasteiger partial charge in [-0.05, 0) is 62.0 Å². The van der Waals surface area contributed by atoms with E-state index in [2.05, 4.69) is 4.90 Å². The Kier molecular flexibility index (Phi) is 7.05. The van der Waals surface area contributed by atoms with Crippen LogP contribution in [0.2, 0.25) is 11.3 Å². The first-order valence-electron chi connectivity index (χ1n) is 10.2. The normalized spacial score (nSPS) is 26.8. The Morgan fingerprint density at radius 2 is 1.79 bits per heavy atom. The molecule has 0 amide bonds. The van der Waals surface area contributed by atoms with Gasteiger partial charge in [0.1, 0.15) is 5.54 Å².